The number of β-lactam (4-membered cyclic amide) rings is 1. The summed E-state index contributed by atoms with van der Waals surface area (Å²) < 4.78 is 29.6. The molecule has 0 aliphatic carbocycles. The van der Waals surface area contributed by atoms with Crippen LogP contribution in [0.2, 0.25) is 0 Å². The van der Waals surface area contributed by atoms with Crippen LogP contribution < -0.4 is 5.09 Å². The predicted molar refractivity (Wildman–Crippen MR) is 139 cm³/mol. The Hall–Kier alpha value is -2.75. The lowest BCUT2D eigenvalue weighted by atomic mass is 10.0. The predicted octanol–water partition coefficient (Wildman–Crippen LogP) is 4.22. The fourth-order valence-electron chi connectivity index (χ4n) is 4.28. The van der Waals surface area contributed by atoms with Crippen LogP contribution in [0.15, 0.2) is 71.9 Å². The van der Waals surface area contributed by atoms with E-state index in [0.29, 0.717) is 17.6 Å². The van der Waals surface area contributed by atoms with Crippen LogP contribution in [-0.4, -0.2) is 53.4 Å². The summed E-state index contributed by atoms with van der Waals surface area (Å²) in [5.74, 6) is -0.836. The number of thioether (sulfide) groups is 1. The quantitative estimate of drug-likeness (QED) is 0.182. The van der Waals surface area contributed by atoms with E-state index in [9.17, 15) is 18.9 Å². The van der Waals surface area contributed by atoms with Gasteiger partial charge in [0.25, 0.3) is 0 Å². The van der Waals surface area contributed by atoms with Gasteiger partial charge in [-0.2, -0.15) is 0 Å². The van der Waals surface area contributed by atoms with Crippen molar-refractivity contribution >= 4 is 37.7 Å². The van der Waals surface area contributed by atoms with Gasteiger partial charge in [-0.1, -0.05) is 60.7 Å². The number of nitrogens with zero attached hydrogens (tertiary/aromatic N) is 1. The molecule has 2 heterocycles. The molecule has 0 saturated carbocycles. The summed E-state index contributed by atoms with van der Waals surface area (Å²) in [7, 11) is -3.71. The van der Waals surface area contributed by atoms with Crippen molar-refractivity contribution in [3.8, 4) is 0 Å². The molecule has 0 bridgehead atoms. The molecule has 1 N–H and O–H groups in total. The lowest BCUT2D eigenvalue weighted by molar-refractivity contribution is -0.153. The number of carbonyl (C=O) groups excluding carboxylic acids is 3. The highest BCUT2D eigenvalue weighted by molar-refractivity contribution is 8.00. The van der Waals surface area contributed by atoms with Gasteiger partial charge in [0.2, 0.25) is 5.91 Å². The highest BCUT2D eigenvalue weighted by atomic mass is 32.2. The van der Waals surface area contributed by atoms with Crippen LogP contribution in [0.25, 0.3) is 0 Å². The van der Waals surface area contributed by atoms with E-state index in [2.05, 4.69) is 5.09 Å². The minimum absolute atomic E-state index is 0.0102. The van der Waals surface area contributed by atoms with Crippen molar-refractivity contribution in [1.29, 1.82) is 0 Å². The second kappa shape index (κ2) is 12.2. The van der Waals surface area contributed by atoms with E-state index in [4.69, 9.17) is 13.8 Å². The van der Waals surface area contributed by atoms with Crippen LogP contribution in [-0.2, 0) is 32.7 Å². The third-order valence-corrected chi connectivity index (χ3v) is 9.03. The maximum absolute atomic E-state index is 13.6. The van der Waals surface area contributed by atoms with Gasteiger partial charge < -0.3 is 9.53 Å². The van der Waals surface area contributed by atoms with E-state index in [0.717, 1.165) is 11.1 Å². The average molecular weight is 545 g/mol. The summed E-state index contributed by atoms with van der Waals surface area (Å²) in [5.41, 5.74) is 2.10. The van der Waals surface area contributed by atoms with Crippen molar-refractivity contribution < 1.29 is 32.7 Å². The van der Waals surface area contributed by atoms with Crippen LogP contribution in [0.1, 0.15) is 37.5 Å². The van der Waals surface area contributed by atoms with E-state index in [1.807, 2.05) is 60.7 Å². The molecule has 2 atom stereocenters. The maximum atomic E-state index is 13.6. The first-order valence-corrected chi connectivity index (χ1v) is 14.6. The number of nitrogens with one attached hydrogen (secondary N) is 1. The van der Waals surface area contributed by atoms with Gasteiger partial charge >= 0.3 is 13.7 Å². The molecular weight excluding hydrogens is 515 g/mol. The number of amides is 1. The molecule has 9 nitrogen and oxygen atoms in total. The van der Waals surface area contributed by atoms with Gasteiger partial charge in [-0.15, -0.1) is 11.8 Å². The Morgan fingerprint density at radius 2 is 1.65 bits per heavy atom. The van der Waals surface area contributed by atoms with Crippen molar-refractivity contribution in [2.75, 3.05) is 19.0 Å². The lowest BCUT2D eigenvalue weighted by Crippen LogP contribution is -2.69. The van der Waals surface area contributed by atoms with Crippen LogP contribution in [0.3, 0.4) is 0 Å². The molecule has 11 heteroatoms. The zero-order valence-corrected chi connectivity index (χ0v) is 22.3. The smallest absolute Gasteiger partial charge is 0.406 e. The van der Waals surface area contributed by atoms with Crippen LogP contribution >= 0.6 is 19.5 Å². The zero-order chi connectivity index (χ0) is 26.4. The van der Waals surface area contributed by atoms with Gasteiger partial charge in [0.15, 0.2) is 6.10 Å². The molecule has 2 aromatic rings. The normalized spacial score (nSPS) is 19.4. The summed E-state index contributed by atoms with van der Waals surface area (Å²) >= 11 is 1.37. The third kappa shape index (κ3) is 5.89. The molecule has 1 amide bonds. The third-order valence-electron chi connectivity index (χ3n) is 5.90. The molecule has 4 rings (SSSR count). The summed E-state index contributed by atoms with van der Waals surface area (Å²) in [6, 6.07) is 17.7. The molecule has 2 aromatic carbocycles. The number of hydrogen-bond donors (Lipinski definition) is 1. The lowest BCUT2D eigenvalue weighted by Gasteiger charge is -2.50. The molecule has 1 saturated heterocycles. The number of carbonyl (C=O) groups is 3. The summed E-state index contributed by atoms with van der Waals surface area (Å²) in [6.45, 7) is 3.62. The first kappa shape index (κ1) is 27.3. The van der Waals surface area contributed by atoms with Gasteiger partial charge in [-0.3, -0.25) is 18.7 Å². The molecule has 2 aliphatic heterocycles. The van der Waals surface area contributed by atoms with Crippen LogP contribution in [0.5, 0.6) is 0 Å². The number of ether oxygens (including phenoxy) is 1. The summed E-state index contributed by atoms with van der Waals surface area (Å²) in [5, 5.41) is 2.20. The maximum Gasteiger partial charge on any atom is 0.406 e. The van der Waals surface area contributed by atoms with Crippen LogP contribution in [0.4, 0.5) is 0 Å². The van der Waals surface area contributed by atoms with E-state index in [1.54, 1.807) is 13.8 Å². The number of rotatable bonds is 12. The molecule has 0 spiro atoms. The van der Waals surface area contributed by atoms with Gasteiger partial charge in [0.1, 0.15) is 23.4 Å². The molecular formula is C26H29N2O7PS. The Balaban J connectivity index is 1.62. The van der Waals surface area contributed by atoms with Crippen molar-refractivity contribution in [3.63, 3.8) is 0 Å². The highest BCUT2D eigenvalue weighted by Gasteiger charge is 2.56. The van der Waals surface area contributed by atoms with Gasteiger partial charge in [-0.05, 0) is 30.5 Å². The zero-order valence-electron chi connectivity index (χ0n) is 20.6. The Kier molecular flexibility index (Phi) is 9.00. The Bertz CT molecular complexity index is 1160. The fraction of sp³-hybridized carbons (Fsp3) is 0.346. The van der Waals surface area contributed by atoms with Crippen molar-refractivity contribution in [3.05, 3.63) is 83.1 Å². The van der Waals surface area contributed by atoms with Crippen molar-refractivity contribution in [2.45, 2.75) is 37.8 Å². The second-order valence-corrected chi connectivity index (χ2v) is 11.2. The minimum atomic E-state index is -3.71. The van der Waals surface area contributed by atoms with Gasteiger partial charge in [-0.25, -0.2) is 14.4 Å². The van der Waals surface area contributed by atoms with Gasteiger partial charge in [0, 0.05) is 12.2 Å². The molecule has 0 radical (unpaired) electrons. The standard InChI is InChI=1S/C26H29N2O7PS/c1-3-33-36(32,34-4-2)27-21-24(30)28-22(20(15-16-29)17-37-25(21)28)26(31)35-23(18-11-7-5-8-12-18)19-13-9-6-10-14-19/h5-14,16,21,23,25H,3-4,15,17H2,1-2H3,(H,27,32). The summed E-state index contributed by atoms with van der Waals surface area (Å²) in [6.07, 6.45) is -0.0216. The topological polar surface area (TPSA) is 111 Å². The molecule has 2 unspecified atom stereocenters. The summed E-state index contributed by atoms with van der Waals surface area (Å²) in [4.78, 5) is 39.6. The minimum Gasteiger partial charge on any atom is -0.448 e. The Morgan fingerprint density at radius 1 is 1.08 bits per heavy atom. The van der Waals surface area contributed by atoms with Gasteiger partial charge in [0.05, 0.1) is 13.2 Å². The first-order valence-electron chi connectivity index (χ1n) is 12.0. The molecule has 2 aliphatic rings. The number of esters is 1. The number of benzene rings is 2. The SMILES string of the molecule is CCOP(=O)(NC1C(=O)N2C(C(=O)OC(c3ccccc3)c3ccccc3)=C(CC=O)CSC12)OCC. The monoisotopic (exact) mass is 544 g/mol. The Labute approximate surface area is 220 Å². The Morgan fingerprint density at radius 3 is 2.16 bits per heavy atom. The largest absolute Gasteiger partial charge is 0.448 e. The number of aldehydes is 1. The average Bonchev–Trinajstić information content (AvgIpc) is 2.91. The molecule has 1 fully saturated rings. The molecule has 37 heavy (non-hydrogen) atoms. The van der Waals surface area contributed by atoms with Crippen molar-refractivity contribution in [1.82, 2.24) is 9.99 Å². The first-order chi connectivity index (χ1) is 17.9. The van der Waals surface area contributed by atoms with Crippen molar-refractivity contribution in [2.24, 2.45) is 0 Å². The van der Waals surface area contributed by atoms with E-state index >= 15 is 0 Å². The van der Waals surface area contributed by atoms with Crippen LogP contribution in [0, 0.1) is 0 Å². The number of fused-ring (bicyclic) bond motifs is 1. The number of hydrogen-bond acceptors (Lipinski definition) is 8. The molecule has 196 valence electrons. The second-order valence-electron chi connectivity index (χ2n) is 8.28. The fourth-order valence-corrected chi connectivity index (χ4v) is 7.24. The van der Waals surface area contributed by atoms with E-state index < -0.39 is 37.1 Å². The van der Waals surface area contributed by atoms with E-state index in [-0.39, 0.29) is 25.3 Å². The molecule has 0 aromatic heterocycles. The van der Waals surface area contributed by atoms with E-state index in [1.165, 1.54) is 16.7 Å². The highest BCUT2D eigenvalue weighted by Crippen LogP contribution is 2.49.